The van der Waals surface area contributed by atoms with Crippen LogP contribution in [-0.4, -0.2) is 0 Å². The summed E-state index contributed by atoms with van der Waals surface area (Å²) in [7, 11) is 0. The lowest BCUT2D eigenvalue weighted by Gasteiger charge is -2.02. The molecule has 0 N–H and O–H groups in total. The van der Waals surface area contributed by atoms with Crippen molar-refractivity contribution in [1.82, 2.24) is 0 Å². The van der Waals surface area contributed by atoms with E-state index in [9.17, 15) is 0 Å². The average Bonchev–Trinajstić information content (AvgIpc) is 2.27. The monoisotopic (exact) mass is 202 g/mol. The molecule has 0 amide bonds. The van der Waals surface area contributed by atoms with E-state index in [1.807, 2.05) is 6.08 Å². The van der Waals surface area contributed by atoms with Crippen LogP contribution in [0.3, 0.4) is 0 Å². The molecule has 15 heavy (non-hydrogen) atoms. The highest BCUT2D eigenvalue weighted by Crippen LogP contribution is 2.10. The van der Waals surface area contributed by atoms with Crippen LogP contribution in [-0.2, 0) is 12.8 Å². The lowest BCUT2D eigenvalue weighted by Crippen LogP contribution is -1.87. The van der Waals surface area contributed by atoms with E-state index in [-0.39, 0.29) is 0 Å². The molecule has 0 aliphatic carbocycles. The third-order valence-electron chi connectivity index (χ3n) is 2.69. The van der Waals surface area contributed by atoms with E-state index in [1.54, 1.807) is 0 Å². The maximum atomic E-state index is 3.74. The fraction of sp³-hybridized carbons (Fsp3) is 0.467. The second-order valence-corrected chi connectivity index (χ2v) is 4.10. The quantitative estimate of drug-likeness (QED) is 0.450. The highest BCUT2D eigenvalue weighted by molar-refractivity contribution is 5.22. The normalized spacial score (nSPS) is 10.2. The molecule has 1 aromatic rings. The van der Waals surface area contributed by atoms with Gasteiger partial charge in [-0.25, -0.2) is 0 Å². The molecule has 0 heterocycles. The summed E-state index contributed by atoms with van der Waals surface area (Å²) in [5, 5.41) is 0. The van der Waals surface area contributed by atoms with Gasteiger partial charge in [0.1, 0.15) is 0 Å². The predicted molar refractivity (Wildman–Crippen MR) is 68.2 cm³/mol. The zero-order valence-corrected chi connectivity index (χ0v) is 9.84. The molecule has 0 aromatic heterocycles. The highest BCUT2D eigenvalue weighted by Gasteiger charge is 1.94. The average molecular weight is 202 g/mol. The summed E-state index contributed by atoms with van der Waals surface area (Å²) < 4.78 is 0. The first-order chi connectivity index (χ1) is 7.36. The van der Waals surface area contributed by atoms with E-state index in [2.05, 4.69) is 37.8 Å². The van der Waals surface area contributed by atoms with Crippen LogP contribution in [0.1, 0.15) is 43.7 Å². The van der Waals surface area contributed by atoms with Gasteiger partial charge in [0.15, 0.2) is 0 Å². The first kappa shape index (κ1) is 12.0. The van der Waals surface area contributed by atoms with Crippen LogP contribution in [0.2, 0.25) is 0 Å². The third-order valence-corrected chi connectivity index (χ3v) is 2.69. The summed E-state index contributed by atoms with van der Waals surface area (Å²) in [6.45, 7) is 5.96. The Balaban J connectivity index is 2.32. The number of aryl methyl sites for hydroxylation is 2. The number of rotatable bonds is 7. The van der Waals surface area contributed by atoms with E-state index in [1.165, 1.54) is 43.2 Å². The van der Waals surface area contributed by atoms with Crippen molar-refractivity contribution >= 4 is 0 Å². The molecule has 0 aliphatic rings. The molecule has 0 saturated heterocycles. The number of unbranched alkanes of at least 4 members (excludes halogenated alkanes) is 2. The Morgan fingerprint density at radius 1 is 1.00 bits per heavy atom. The predicted octanol–water partition coefficient (Wildman–Crippen LogP) is 4.54. The Labute approximate surface area is 94.0 Å². The van der Waals surface area contributed by atoms with Crippen molar-refractivity contribution in [1.29, 1.82) is 0 Å². The van der Waals surface area contributed by atoms with Gasteiger partial charge in [-0.1, -0.05) is 43.7 Å². The maximum Gasteiger partial charge on any atom is -0.0279 e. The molecule has 0 fully saturated rings. The lowest BCUT2D eigenvalue weighted by molar-refractivity contribution is 0.748. The van der Waals surface area contributed by atoms with E-state index < -0.39 is 0 Å². The van der Waals surface area contributed by atoms with Gasteiger partial charge in [0.05, 0.1) is 0 Å². The second kappa shape index (κ2) is 7.28. The minimum absolute atomic E-state index is 1.15. The summed E-state index contributed by atoms with van der Waals surface area (Å²) in [6, 6.07) is 9.09. The Morgan fingerprint density at radius 3 is 2.13 bits per heavy atom. The summed E-state index contributed by atoms with van der Waals surface area (Å²) in [5.74, 6) is 0. The van der Waals surface area contributed by atoms with Gasteiger partial charge in [0.25, 0.3) is 0 Å². The number of benzene rings is 1. The van der Waals surface area contributed by atoms with Gasteiger partial charge < -0.3 is 0 Å². The van der Waals surface area contributed by atoms with Gasteiger partial charge in [-0.2, -0.15) is 0 Å². The van der Waals surface area contributed by atoms with Crippen molar-refractivity contribution in [2.24, 2.45) is 0 Å². The molecular weight excluding hydrogens is 180 g/mol. The number of hydrogen-bond donors (Lipinski definition) is 0. The van der Waals surface area contributed by atoms with Crippen LogP contribution in [0.25, 0.3) is 0 Å². The first-order valence-corrected chi connectivity index (χ1v) is 6.05. The molecule has 0 unspecified atom stereocenters. The van der Waals surface area contributed by atoms with E-state index in [0.717, 1.165) is 6.42 Å². The molecule has 0 spiro atoms. The van der Waals surface area contributed by atoms with E-state index >= 15 is 0 Å². The molecule has 0 atom stereocenters. The first-order valence-electron chi connectivity index (χ1n) is 6.05. The highest BCUT2D eigenvalue weighted by atomic mass is 14.0. The van der Waals surface area contributed by atoms with Crippen LogP contribution < -0.4 is 0 Å². The van der Waals surface area contributed by atoms with Crippen LogP contribution in [0.4, 0.5) is 0 Å². The van der Waals surface area contributed by atoms with Crippen molar-refractivity contribution in [3.05, 3.63) is 48.0 Å². The SMILES string of the molecule is C=CCCCCc1ccc(CCC)cc1. The molecule has 1 aromatic carbocycles. The molecule has 0 saturated carbocycles. The summed E-state index contributed by atoms with van der Waals surface area (Å²) >= 11 is 0. The molecule has 0 bridgehead atoms. The Morgan fingerprint density at radius 2 is 1.60 bits per heavy atom. The second-order valence-electron chi connectivity index (χ2n) is 4.10. The molecule has 0 aliphatic heterocycles. The van der Waals surface area contributed by atoms with Gasteiger partial charge in [0.2, 0.25) is 0 Å². The van der Waals surface area contributed by atoms with Crippen molar-refractivity contribution in [3.8, 4) is 0 Å². The van der Waals surface area contributed by atoms with Crippen LogP contribution in [0.15, 0.2) is 36.9 Å². The van der Waals surface area contributed by atoms with Crippen molar-refractivity contribution in [2.75, 3.05) is 0 Å². The Bertz CT molecular complexity index is 269. The molecule has 0 radical (unpaired) electrons. The van der Waals surface area contributed by atoms with Gasteiger partial charge in [-0.05, 0) is 43.2 Å². The fourth-order valence-corrected chi connectivity index (χ4v) is 1.78. The van der Waals surface area contributed by atoms with Crippen molar-refractivity contribution in [3.63, 3.8) is 0 Å². The standard InChI is InChI=1S/C15H22/c1-3-5-6-7-9-15-12-10-14(8-4-2)11-13-15/h3,10-13H,1,4-9H2,2H3. The van der Waals surface area contributed by atoms with Crippen LogP contribution in [0.5, 0.6) is 0 Å². The number of hydrogen-bond acceptors (Lipinski definition) is 0. The van der Waals surface area contributed by atoms with Gasteiger partial charge in [0, 0.05) is 0 Å². The summed E-state index contributed by atoms with van der Waals surface area (Å²) in [5.41, 5.74) is 2.94. The van der Waals surface area contributed by atoms with E-state index in [4.69, 9.17) is 0 Å². The lowest BCUT2D eigenvalue weighted by atomic mass is 10.0. The molecule has 82 valence electrons. The van der Waals surface area contributed by atoms with Crippen LogP contribution >= 0.6 is 0 Å². The van der Waals surface area contributed by atoms with E-state index in [0.29, 0.717) is 0 Å². The van der Waals surface area contributed by atoms with Crippen LogP contribution in [0, 0.1) is 0 Å². The van der Waals surface area contributed by atoms with Gasteiger partial charge in [-0.15, -0.1) is 6.58 Å². The van der Waals surface area contributed by atoms with Gasteiger partial charge in [-0.3, -0.25) is 0 Å². The fourth-order valence-electron chi connectivity index (χ4n) is 1.78. The smallest absolute Gasteiger partial charge is 0.0279 e. The zero-order valence-electron chi connectivity index (χ0n) is 9.84. The van der Waals surface area contributed by atoms with Crippen molar-refractivity contribution < 1.29 is 0 Å². The Kier molecular flexibility index (Phi) is 5.84. The summed E-state index contributed by atoms with van der Waals surface area (Å²) in [6.07, 6.45) is 9.34. The summed E-state index contributed by atoms with van der Waals surface area (Å²) in [4.78, 5) is 0. The third kappa shape index (κ3) is 4.83. The van der Waals surface area contributed by atoms with Gasteiger partial charge >= 0.3 is 0 Å². The molecule has 1 rings (SSSR count). The largest absolute Gasteiger partial charge is 0.103 e. The maximum absolute atomic E-state index is 3.74. The van der Waals surface area contributed by atoms with Crippen molar-refractivity contribution in [2.45, 2.75) is 45.4 Å². The molecule has 0 nitrogen and oxygen atoms in total. The minimum Gasteiger partial charge on any atom is -0.103 e. The number of allylic oxidation sites excluding steroid dienone is 1. The Hall–Kier alpha value is -1.04. The molecule has 0 heteroatoms. The molecular formula is C15H22. The zero-order chi connectivity index (χ0) is 10.9. The topological polar surface area (TPSA) is 0 Å². The minimum atomic E-state index is 1.15.